The quantitative estimate of drug-likeness (QED) is 0.792. The summed E-state index contributed by atoms with van der Waals surface area (Å²) in [5, 5.41) is 3.46. The summed E-state index contributed by atoms with van der Waals surface area (Å²) in [4.78, 5) is 25.3. The molecule has 0 aliphatic carbocycles. The number of nitrogens with one attached hydrogen (secondary N) is 1. The third kappa shape index (κ3) is 4.77. The van der Waals surface area contributed by atoms with Gasteiger partial charge in [0, 0.05) is 11.4 Å². The molecule has 1 aromatic carbocycles. The molecule has 2 heterocycles. The molecule has 0 bridgehead atoms. The zero-order chi connectivity index (χ0) is 19.3. The van der Waals surface area contributed by atoms with Crippen LogP contribution in [-0.2, 0) is 5.54 Å². The Hall–Kier alpha value is -2.61. The molecule has 0 saturated heterocycles. The Balaban J connectivity index is 1.72. The Morgan fingerprint density at radius 1 is 1.37 bits per heavy atom. The van der Waals surface area contributed by atoms with Crippen molar-refractivity contribution in [2.45, 2.75) is 32.2 Å². The highest BCUT2D eigenvalue weighted by Gasteiger charge is 2.29. The average Bonchev–Trinajstić information content (AvgIpc) is 2.67. The fourth-order valence-corrected chi connectivity index (χ4v) is 3.71. The Morgan fingerprint density at radius 2 is 2.22 bits per heavy atom. The van der Waals surface area contributed by atoms with E-state index in [4.69, 9.17) is 10.5 Å². The van der Waals surface area contributed by atoms with Crippen LogP contribution in [0.4, 0.5) is 5.69 Å². The molecule has 0 unspecified atom stereocenters. The minimum absolute atomic E-state index is 0.229. The molecular formula is C19H23N5O2S. The maximum absolute atomic E-state index is 12.5. The Kier molecular flexibility index (Phi) is 5.95. The second-order valence-electron chi connectivity index (χ2n) is 6.45. The van der Waals surface area contributed by atoms with E-state index in [1.54, 1.807) is 11.8 Å². The van der Waals surface area contributed by atoms with E-state index in [2.05, 4.69) is 27.2 Å². The van der Waals surface area contributed by atoms with Gasteiger partial charge in [-0.2, -0.15) is 0 Å². The van der Waals surface area contributed by atoms with Crippen LogP contribution in [0.1, 0.15) is 42.7 Å². The van der Waals surface area contributed by atoms with E-state index in [9.17, 15) is 4.79 Å². The van der Waals surface area contributed by atoms with Crippen molar-refractivity contribution in [2.24, 2.45) is 10.7 Å². The SMILES string of the molecule is CCCOc1cnc(C(=O)Nc2cccc([C@]3(C)CCSC(N)=N3)c2)cn1. The van der Waals surface area contributed by atoms with E-state index in [1.165, 1.54) is 12.4 Å². The van der Waals surface area contributed by atoms with Crippen molar-refractivity contribution >= 4 is 28.5 Å². The number of anilines is 1. The lowest BCUT2D eigenvalue weighted by molar-refractivity contribution is 0.102. The van der Waals surface area contributed by atoms with Crippen molar-refractivity contribution in [3.8, 4) is 5.88 Å². The van der Waals surface area contributed by atoms with E-state index in [-0.39, 0.29) is 17.1 Å². The fraction of sp³-hybridized carbons (Fsp3) is 0.368. The maximum Gasteiger partial charge on any atom is 0.275 e. The topological polar surface area (TPSA) is 102 Å². The number of nitrogens with two attached hydrogens (primary N) is 1. The van der Waals surface area contributed by atoms with E-state index in [0.29, 0.717) is 23.3 Å². The molecule has 0 fully saturated rings. The van der Waals surface area contributed by atoms with Crippen LogP contribution in [0.3, 0.4) is 0 Å². The van der Waals surface area contributed by atoms with Crippen LogP contribution in [0, 0.1) is 0 Å². The van der Waals surface area contributed by atoms with E-state index in [0.717, 1.165) is 24.2 Å². The van der Waals surface area contributed by atoms with Gasteiger partial charge >= 0.3 is 0 Å². The number of nitrogens with zero attached hydrogens (tertiary/aromatic N) is 3. The molecule has 0 saturated carbocycles. The van der Waals surface area contributed by atoms with Gasteiger partial charge in [-0.05, 0) is 37.5 Å². The minimum Gasteiger partial charge on any atom is -0.477 e. The zero-order valence-electron chi connectivity index (χ0n) is 15.4. The fourth-order valence-electron chi connectivity index (χ4n) is 2.74. The van der Waals surface area contributed by atoms with Gasteiger partial charge in [0.1, 0.15) is 5.69 Å². The average molecular weight is 385 g/mol. The largest absolute Gasteiger partial charge is 0.477 e. The smallest absolute Gasteiger partial charge is 0.275 e. The Morgan fingerprint density at radius 3 is 2.93 bits per heavy atom. The van der Waals surface area contributed by atoms with Crippen LogP contribution >= 0.6 is 11.8 Å². The number of hydrogen-bond donors (Lipinski definition) is 2. The molecule has 0 spiro atoms. The first-order chi connectivity index (χ1) is 13.0. The highest BCUT2D eigenvalue weighted by Crippen LogP contribution is 2.35. The van der Waals surface area contributed by atoms with Crippen molar-refractivity contribution < 1.29 is 9.53 Å². The summed E-state index contributed by atoms with van der Waals surface area (Å²) >= 11 is 1.57. The van der Waals surface area contributed by atoms with Gasteiger partial charge in [-0.15, -0.1) is 0 Å². The van der Waals surface area contributed by atoms with Crippen LogP contribution in [0.5, 0.6) is 5.88 Å². The monoisotopic (exact) mass is 385 g/mol. The second-order valence-corrected chi connectivity index (χ2v) is 7.56. The first-order valence-electron chi connectivity index (χ1n) is 8.85. The number of carbonyl (C=O) groups is 1. The summed E-state index contributed by atoms with van der Waals surface area (Å²) in [7, 11) is 0. The first kappa shape index (κ1) is 19.2. The number of benzene rings is 1. The Bertz CT molecular complexity index is 840. The van der Waals surface area contributed by atoms with Crippen molar-refractivity contribution in [1.29, 1.82) is 0 Å². The highest BCUT2D eigenvalue weighted by molar-refractivity contribution is 8.13. The molecule has 1 atom stereocenters. The van der Waals surface area contributed by atoms with E-state index < -0.39 is 0 Å². The number of rotatable bonds is 6. The number of amides is 1. The van der Waals surface area contributed by atoms with Crippen LogP contribution in [0.15, 0.2) is 41.7 Å². The summed E-state index contributed by atoms with van der Waals surface area (Å²) in [6.45, 7) is 4.63. The molecule has 7 nitrogen and oxygen atoms in total. The lowest BCUT2D eigenvalue weighted by atomic mass is 9.89. The molecule has 8 heteroatoms. The van der Waals surface area contributed by atoms with Gasteiger partial charge in [0.05, 0.1) is 24.5 Å². The number of amidine groups is 1. The molecule has 27 heavy (non-hydrogen) atoms. The molecule has 1 amide bonds. The normalized spacial score (nSPS) is 19.3. The van der Waals surface area contributed by atoms with Crippen LogP contribution in [0.25, 0.3) is 0 Å². The molecule has 2 aromatic rings. The lowest BCUT2D eigenvalue weighted by Crippen LogP contribution is -2.28. The predicted octanol–water partition coefficient (Wildman–Crippen LogP) is 3.18. The van der Waals surface area contributed by atoms with Gasteiger partial charge in [0.15, 0.2) is 5.17 Å². The third-order valence-electron chi connectivity index (χ3n) is 4.25. The van der Waals surface area contributed by atoms with Gasteiger partial charge < -0.3 is 15.8 Å². The molecule has 3 N–H and O–H groups in total. The van der Waals surface area contributed by atoms with Crippen molar-refractivity contribution in [1.82, 2.24) is 9.97 Å². The predicted molar refractivity (Wildman–Crippen MR) is 108 cm³/mol. The first-order valence-corrected chi connectivity index (χ1v) is 9.83. The van der Waals surface area contributed by atoms with Gasteiger partial charge in [0.2, 0.25) is 5.88 Å². The number of carbonyl (C=O) groups excluding carboxylic acids is 1. The maximum atomic E-state index is 12.5. The zero-order valence-corrected chi connectivity index (χ0v) is 16.3. The van der Waals surface area contributed by atoms with Crippen molar-refractivity contribution in [3.63, 3.8) is 0 Å². The molecule has 1 aromatic heterocycles. The highest BCUT2D eigenvalue weighted by atomic mass is 32.2. The van der Waals surface area contributed by atoms with Crippen molar-refractivity contribution in [3.05, 3.63) is 47.9 Å². The van der Waals surface area contributed by atoms with Gasteiger partial charge in [-0.25, -0.2) is 9.97 Å². The van der Waals surface area contributed by atoms with Gasteiger partial charge in [-0.1, -0.05) is 30.8 Å². The number of ether oxygens (including phenoxy) is 1. The Labute approximate surface area is 162 Å². The standard InChI is InChI=1S/C19H23N5O2S/c1-3-8-26-16-12-21-15(11-22-16)17(25)23-14-6-4-5-13(10-14)19(2)7-9-27-18(20)24-19/h4-6,10-12H,3,7-9H2,1-2H3,(H2,20,24)(H,23,25)/t19-/m0/s1. The summed E-state index contributed by atoms with van der Waals surface area (Å²) in [5.41, 5.74) is 7.44. The number of hydrogen-bond acceptors (Lipinski definition) is 7. The van der Waals surface area contributed by atoms with Gasteiger partial charge in [0.25, 0.3) is 5.91 Å². The molecule has 1 aliphatic rings. The van der Waals surface area contributed by atoms with E-state index >= 15 is 0 Å². The summed E-state index contributed by atoms with van der Waals surface area (Å²) in [5.74, 6) is 1.01. The lowest BCUT2D eigenvalue weighted by Gasteiger charge is -2.30. The second kappa shape index (κ2) is 8.39. The third-order valence-corrected chi connectivity index (χ3v) is 5.05. The molecule has 1 aliphatic heterocycles. The molecular weight excluding hydrogens is 362 g/mol. The van der Waals surface area contributed by atoms with E-state index in [1.807, 2.05) is 31.2 Å². The molecule has 142 valence electrons. The summed E-state index contributed by atoms with van der Waals surface area (Å²) in [6, 6.07) is 7.66. The summed E-state index contributed by atoms with van der Waals surface area (Å²) in [6.07, 6.45) is 4.64. The number of aromatic nitrogens is 2. The molecule has 0 radical (unpaired) electrons. The van der Waals surface area contributed by atoms with Gasteiger partial charge in [-0.3, -0.25) is 9.79 Å². The summed E-state index contributed by atoms with van der Waals surface area (Å²) < 4.78 is 5.38. The van der Waals surface area contributed by atoms with Crippen molar-refractivity contribution in [2.75, 3.05) is 17.7 Å². The van der Waals surface area contributed by atoms with Crippen LogP contribution in [-0.4, -0.2) is 33.4 Å². The van der Waals surface area contributed by atoms with Crippen LogP contribution < -0.4 is 15.8 Å². The van der Waals surface area contributed by atoms with Crippen LogP contribution in [0.2, 0.25) is 0 Å². The minimum atomic E-state index is -0.381. The number of thioether (sulfide) groups is 1. The number of aliphatic imine (C=N–C) groups is 1. The molecule has 3 rings (SSSR count).